The van der Waals surface area contributed by atoms with Gasteiger partial charge in [0.15, 0.2) is 0 Å². The van der Waals surface area contributed by atoms with Crippen LogP contribution in [0.5, 0.6) is 0 Å². The Bertz CT molecular complexity index is 3240. The summed E-state index contributed by atoms with van der Waals surface area (Å²) in [5.41, 5.74) is 12.1. The van der Waals surface area contributed by atoms with E-state index in [1.165, 1.54) is 54.6 Å². The molecule has 2 nitrogen and oxygen atoms in total. The Balaban J connectivity index is 1.05. The smallest absolute Gasteiger partial charge is 0.137 e. The van der Waals surface area contributed by atoms with Gasteiger partial charge in [0.25, 0.3) is 0 Å². The summed E-state index contributed by atoms with van der Waals surface area (Å²) in [5, 5.41) is 9.76. The first kappa shape index (κ1) is 32.0. The zero-order valence-corrected chi connectivity index (χ0v) is 30.6. The first-order valence-corrected chi connectivity index (χ1v) is 19.2. The molecule has 0 fully saturated rings. The predicted molar refractivity (Wildman–Crippen MR) is 237 cm³/mol. The molecular formula is C54H35NO. The molecule has 0 unspecified atom stereocenters. The normalized spacial score (nSPS) is 11.6. The molecule has 11 aromatic rings. The monoisotopic (exact) mass is 713 g/mol. The average Bonchev–Trinajstić information content (AvgIpc) is 3.66. The Morgan fingerprint density at radius 1 is 0.304 bits per heavy atom. The van der Waals surface area contributed by atoms with Gasteiger partial charge in [0.05, 0.1) is 16.8 Å². The minimum atomic E-state index is 0.867. The summed E-state index contributed by atoms with van der Waals surface area (Å²) in [6, 6.07) is 76.5. The van der Waals surface area contributed by atoms with Gasteiger partial charge in [-0.15, -0.1) is 0 Å². The van der Waals surface area contributed by atoms with Crippen molar-refractivity contribution in [2.75, 3.05) is 4.90 Å². The third kappa shape index (κ3) is 5.34. The van der Waals surface area contributed by atoms with E-state index in [0.717, 1.165) is 50.1 Å². The summed E-state index contributed by atoms with van der Waals surface area (Å²) in [7, 11) is 0. The summed E-state index contributed by atoms with van der Waals surface area (Å²) < 4.78 is 6.43. The summed E-state index contributed by atoms with van der Waals surface area (Å²) in [6.07, 6.45) is 0. The zero-order valence-electron chi connectivity index (χ0n) is 30.6. The molecule has 0 aliphatic rings. The average molecular weight is 714 g/mol. The molecule has 262 valence electrons. The summed E-state index contributed by atoms with van der Waals surface area (Å²) in [5.74, 6) is 0. The minimum Gasteiger partial charge on any atom is -0.456 e. The number of fused-ring (bicyclic) bond motifs is 7. The van der Waals surface area contributed by atoms with Crippen LogP contribution in [-0.4, -0.2) is 0 Å². The highest BCUT2D eigenvalue weighted by Gasteiger charge is 2.22. The van der Waals surface area contributed by atoms with Crippen molar-refractivity contribution in [1.82, 2.24) is 0 Å². The van der Waals surface area contributed by atoms with Gasteiger partial charge in [-0.1, -0.05) is 170 Å². The Morgan fingerprint density at radius 2 is 0.839 bits per heavy atom. The molecule has 11 rings (SSSR count). The van der Waals surface area contributed by atoms with Crippen LogP contribution < -0.4 is 4.90 Å². The second-order valence-electron chi connectivity index (χ2n) is 14.5. The van der Waals surface area contributed by atoms with E-state index in [9.17, 15) is 0 Å². The van der Waals surface area contributed by atoms with E-state index in [0.29, 0.717) is 0 Å². The van der Waals surface area contributed by atoms with Crippen LogP contribution >= 0.6 is 0 Å². The quantitative estimate of drug-likeness (QED) is 0.160. The molecular weight excluding hydrogens is 679 g/mol. The van der Waals surface area contributed by atoms with Crippen molar-refractivity contribution in [2.24, 2.45) is 0 Å². The second kappa shape index (κ2) is 13.2. The van der Waals surface area contributed by atoms with Crippen molar-refractivity contribution >= 4 is 71.3 Å². The van der Waals surface area contributed by atoms with Crippen LogP contribution in [-0.2, 0) is 0 Å². The summed E-state index contributed by atoms with van der Waals surface area (Å²) in [4.78, 5) is 2.40. The maximum Gasteiger partial charge on any atom is 0.137 e. The van der Waals surface area contributed by atoms with Gasteiger partial charge in [0.1, 0.15) is 11.2 Å². The van der Waals surface area contributed by atoms with Crippen molar-refractivity contribution in [3.63, 3.8) is 0 Å². The van der Waals surface area contributed by atoms with Gasteiger partial charge in [-0.2, -0.15) is 0 Å². The molecule has 0 aliphatic heterocycles. The van der Waals surface area contributed by atoms with Gasteiger partial charge < -0.3 is 9.32 Å². The molecule has 0 N–H and O–H groups in total. The first-order valence-electron chi connectivity index (χ1n) is 19.2. The van der Waals surface area contributed by atoms with E-state index < -0.39 is 0 Å². The molecule has 2 heteroatoms. The molecule has 0 spiro atoms. The minimum absolute atomic E-state index is 0.867. The number of rotatable bonds is 6. The fraction of sp³-hybridized carbons (Fsp3) is 0. The number of hydrogen-bond donors (Lipinski definition) is 0. The third-order valence-corrected chi connectivity index (χ3v) is 11.3. The molecule has 56 heavy (non-hydrogen) atoms. The van der Waals surface area contributed by atoms with Crippen molar-refractivity contribution in [2.45, 2.75) is 0 Å². The Labute approximate surface area is 325 Å². The molecule has 0 radical (unpaired) electrons. The lowest BCUT2D eigenvalue weighted by molar-refractivity contribution is 0.669. The van der Waals surface area contributed by atoms with Crippen LogP contribution in [0.4, 0.5) is 17.1 Å². The van der Waals surface area contributed by atoms with E-state index in [1.807, 2.05) is 6.07 Å². The molecule has 0 amide bonds. The molecule has 0 atom stereocenters. The maximum absolute atomic E-state index is 6.43. The standard InChI is InChI=1S/C54H35NO/c1-3-14-44-37(11-1)13-9-18-46(44)39-23-25-40(26-24-39)48-16-5-7-19-50(48)55(51-20-10-22-53-54(51)49-17-6-8-21-52(49)56-53)43-32-29-36(30-33-43)41-31-34-47-42(35-41)28-27-38-12-2-4-15-45(38)47/h1-35H. The van der Waals surface area contributed by atoms with E-state index in [2.05, 4.69) is 211 Å². The van der Waals surface area contributed by atoms with Gasteiger partial charge in [0.2, 0.25) is 0 Å². The van der Waals surface area contributed by atoms with E-state index in [1.54, 1.807) is 0 Å². The van der Waals surface area contributed by atoms with Crippen molar-refractivity contribution in [1.29, 1.82) is 0 Å². The maximum atomic E-state index is 6.43. The lowest BCUT2D eigenvalue weighted by atomic mass is 9.95. The van der Waals surface area contributed by atoms with Crippen LogP contribution in [0.25, 0.3) is 87.6 Å². The third-order valence-electron chi connectivity index (χ3n) is 11.3. The van der Waals surface area contributed by atoms with Gasteiger partial charge in [-0.25, -0.2) is 0 Å². The number of nitrogens with zero attached hydrogens (tertiary/aromatic N) is 1. The van der Waals surface area contributed by atoms with Crippen LogP contribution in [0, 0.1) is 0 Å². The summed E-state index contributed by atoms with van der Waals surface area (Å²) in [6.45, 7) is 0. The van der Waals surface area contributed by atoms with Crippen LogP contribution in [0.2, 0.25) is 0 Å². The molecule has 0 saturated carbocycles. The van der Waals surface area contributed by atoms with E-state index in [4.69, 9.17) is 4.42 Å². The highest BCUT2D eigenvalue weighted by Crippen LogP contribution is 2.46. The van der Waals surface area contributed by atoms with Gasteiger partial charge in [-0.3, -0.25) is 0 Å². The molecule has 0 saturated heterocycles. The van der Waals surface area contributed by atoms with E-state index >= 15 is 0 Å². The van der Waals surface area contributed by atoms with Gasteiger partial charge in [-0.05, 0) is 103 Å². The van der Waals surface area contributed by atoms with Gasteiger partial charge >= 0.3 is 0 Å². The lowest BCUT2D eigenvalue weighted by Crippen LogP contribution is -2.11. The molecule has 10 aromatic carbocycles. The molecule has 1 heterocycles. The summed E-state index contributed by atoms with van der Waals surface area (Å²) >= 11 is 0. The molecule has 0 aliphatic carbocycles. The fourth-order valence-electron chi connectivity index (χ4n) is 8.57. The first-order chi connectivity index (χ1) is 27.8. The highest BCUT2D eigenvalue weighted by molar-refractivity contribution is 6.14. The fourth-order valence-corrected chi connectivity index (χ4v) is 8.57. The number of benzene rings is 10. The number of anilines is 3. The van der Waals surface area contributed by atoms with Crippen LogP contribution in [0.15, 0.2) is 217 Å². The number of para-hydroxylation sites is 2. The van der Waals surface area contributed by atoms with Crippen molar-refractivity contribution in [3.8, 4) is 33.4 Å². The number of hydrogen-bond acceptors (Lipinski definition) is 2. The molecule has 0 bridgehead atoms. The Kier molecular flexibility index (Phi) is 7.53. The predicted octanol–water partition coefficient (Wildman–Crippen LogP) is 15.5. The zero-order chi connectivity index (χ0) is 37.0. The second-order valence-corrected chi connectivity index (χ2v) is 14.5. The van der Waals surface area contributed by atoms with E-state index in [-0.39, 0.29) is 0 Å². The van der Waals surface area contributed by atoms with Crippen molar-refractivity contribution in [3.05, 3.63) is 212 Å². The van der Waals surface area contributed by atoms with Crippen LogP contribution in [0.3, 0.4) is 0 Å². The number of furan rings is 1. The lowest BCUT2D eigenvalue weighted by Gasteiger charge is -2.28. The highest BCUT2D eigenvalue weighted by atomic mass is 16.3. The Morgan fingerprint density at radius 3 is 1.68 bits per heavy atom. The molecule has 1 aromatic heterocycles. The Hall–Kier alpha value is -7.42. The topological polar surface area (TPSA) is 16.4 Å². The SMILES string of the molecule is c1ccc(N(c2ccc(-c3ccc4c(ccc5ccccc54)c3)cc2)c2cccc3oc4ccccc4c23)c(-c2ccc(-c3cccc4ccccc34)cc2)c1. The largest absolute Gasteiger partial charge is 0.456 e. The van der Waals surface area contributed by atoms with Gasteiger partial charge in [0, 0.05) is 16.6 Å². The van der Waals surface area contributed by atoms with Crippen LogP contribution in [0.1, 0.15) is 0 Å². The van der Waals surface area contributed by atoms with Crippen molar-refractivity contribution < 1.29 is 4.42 Å².